The number of nitro benzene ring substituents is 1. The lowest BCUT2D eigenvalue weighted by Gasteiger charge is -2.08. The Balaban J connectivity index is 3.18. The number of methoxy groups -OCH3 is 1. The molecule has 8 heteroatoms. The van der Waals surface area contributed by atoms with Crippen molar-refractivity contribution in [1.29, 1.82) is 5.26 Å². The number of carbonyl (C=O) groups is 2. The number of benzene rings is 1. The molecule has 0 aliphatic rings. The van der Waals surface area contributed by atoms with E-state index in [-0.39, 0.29) is 17.9 Å². The Morgan fingerprint density at radius 1 is 1.48 bits per heavy atom. The first-order chi connectivity index (χ1) is 9.96. The van der Waals surface area contributed by atoms with E-state index in [0.717, 1.165) is 6.07 Å². The molecule has 0 saturated heterocycles. The van der Waals surface area contributed by atoms with E-state index >= 15 is 0 Å². The van der Waals surface area contributed by atoms with Crippen LogP contribution in [0.5, 0.6) is 5.75 Å². The lowest BCUT2D eigenvalue weighted by molar-refractivity contribution is -0.385. The van der Waals surface area contributed by atoms with Crippen molar-refractivity contribution in [1.82, 2.24) is 0 Å². The molecule has 1 atom stereocenters. The summed E-state index contributed by atoms with van der Waals surface area (Å²) < 4.78 is 9.42. The van der Waals surface area contributed by atoms with Crippen molar-refractivity contribution < 1.29 is 24.0 Å². The minimum Gasteiger partial charge on any atom is -0.490 e. The van der Waals surface area contributed by atoms with Crippen molar-refractivity contribution in [3.63, 3.8) is 0 Å². The largest absolute Gasteiger partial charge is 0.490 e. The molecule has 8 nitrogen and oxygen atoms in total. The van der Waals surface area contributed by atoms with Crippen molar-refractivity contribution in [3.05, 3.63) is 33.9 Å². The Morgan fingerprint density at radius 3 is 2.62 bits per heavy atom. The number of ketones is 1. The topological polar surface area (TPSA) is 120 Å². The maximum atomic E-state index is 12.1. The number of nitro groups is 1. The van der Waals surface area contributed by atoms with E-state index < -0.39 is 28.3 Å². The lowest BCUT2D eigenvalue weighted by atomic mass is 9.98. The fourth-order valence-corrected chi connectivity index (χ4v) is 1.60. The van der Waals surface area contributed by atoms with Gasteiger partial charge in [0.15, 0.2) is 11.5 Å². The van der Waals surface area contributed by atoms with Gasteiger partial charge in [0, 0.05) is 11.6 Å². The van der Waals surface area contributed by atoms with Gasteiger partial charge in [-0.1, -0.05) is 0 Å². The van der Waals surface area contributed by atoms with Gasteiger partial charge in [0.05, 0.1) is 24.7 Å². The predicted molar refractivity (Wildman–Crippen MR) is 69.7 cm³/mol. The van der Waals surface area contributed by atoms with Gasteiger partial charge in [0.25, 0.3) is 0 Å². The van der Waals surface area contributed by atoms with E-state index in [2.05, 4.69) is 4.74 Å². The molecule has 1 aromatic carbocycles. The highest BCUT2D eigenvalue weighted by Gasteiger charge is 2.30. The minimum atomic E-state index is -1.65. The van der Waals surface area contributed by atoms with Crippen molar-refractivity contribution >= 4 is 17.4 Å². The maximum absolute atomic E-state index is 12.1. The third-order valence-electron chi connectivity index (χ3n) is 2.57. The highest BCUT2D eigenvalue weighted by molar-refractivity contribution is 6.11. The van der Waals surface area contributed by atoms with Crippen molar-refractivity contribution in [2.45, 2.75) is 6.92 Å². The molecule has 0 aromatic heterocycles. The second-order valence-corrected chi connectivity index (χ2v) is 3.82. The van der Waals surface area contributed by atoms with E-state index in [1.807, 2.05) is 0 Å². The average Bonchev–Trinajstić information content (AvgIpc) is 2.47. The average molecular weight is 292 g/mol. The summed E-state index contributed by atoms with van der Waals surface area (Å²) in [6.07, 6.45) is 0. The van der Waals surface area contributed by atoms with Gasteiger partial charge in [-0.05, 0) is 19.1 Å². The molecular weight excluding hydrogens is 280 g/mol. The quantitative estimate of drug-likeness (QED) is 0.256. The van der Waals surface area contributed by atoms with Crippen LogP contribution in [0.15, 0.2) is 18.2 Å². The monoisotopic (exact) mass is 292 g/mol. The molecule has 0 heterocycles. The number of nitriles is 1. The van der Waals surface area contributed by atoms with Crippen LogP contribution >= 0.6 is 0 Å². The SMILES string of the molecule is CCOC(=O)C(C#N)C(=O)c1ccc(OC)c([N+](=O)[O-])c1. The molecule has 21 heavy (non-hydrogen) atoms. The molecule has 0 N–H and O–H groups in total. The normalized spacial score (nSPS) is 11.1. The highest BCUT2D eigenvalue weighted by atomic mass is 16.6. The summed E-state index contributed by atoms with van der Waals surface area (Å²) in [4.78, 5) is 33.8. The number of ether oxygens (including phenoxy) is 2. The van der Waals surface area contributed by atoms with E-state index in [9.17, 15) is 19.7 Å². The molecule has 0 fully saturated rings. The molecule has 1 rings (SSSR count). The number of hydrogen-bond donors (Lipinski definition) is 0. The van der Waals surface area contributed by atoms with Crippen LogP contribution in [0.25, 0.3) is 0 Å². The van der Waals surface area contributed by atoms with Crippen molar-refractivity contribution in [2.24, 2.45) is 5.92 Å². The summed E-state index contributed by atoms with van der Waals surface area (Å²) in [6, 6.07) is 4.97. The first kappa shape index (κ1) is 16.1. The summed E-state index contributed by atoms with van der Waals surface area (Å²) in [5.74, 6) is -3.52. The Bertz CT molecular complexity index is 620. The molecule has 0 aliphatic heterocycles. The molecular formula is C13H12N2O6. The molecule has 0 aliphatic carbocycles. The zero-order chi connectivity index (χ0) is 16.0. The summed E-state index contributed by atoms with van der Waals surface area (Å²) in [5, 5.41) is 19.8. The summed E-state index contributed by atoms with van der Waals surface area (Å²) in [7, 11) is 1.25. The maximum Gasteiger partial charge on any atom is 0.331 e. The highest BCUT2D eigenvalue weighted by Crippen LogP contribution is 2.28. The second kappa shape index (κ2) is 7.00. The van der Waals surface area contributed by atoms with E-state index in [1.165, 1.54) is 32.2 Å². The number of Topliss-reactive ketones (excluding diaryl/α,β-unsaturated/α-hetero) is 1. The van der Waals surface area contributed by atoms with E-state index in [4.69, 9.17) is 10.00 Å². The molecule has 0 radical (unpaired) electrons. The molecule has 0 spiro atoms. The molecule has 1 unspecified atom stereocenters. The lowest BCUT2D eigenvalue weighted by Crippen LogP contribution is -2.25. The van der Waals surface area contributed by atoms with Crippen LogP contribution in [-0.4, -0.2) is 30.4 Å². The summed E-state index contributed by atoms with van der Waals surface area (Å²) >= 11 is 0. The van der Waals surface area contributed by atoms with Gasteiger partial charge in [-0.25, -0.2) is 0 Å². The van der Waals surface area contributed by atoms with Gasteiger partial charge in [-0.3, -0.25) is 19.7 Å². The van der Waals surface area contributed by atoms with Gasteiger partial charge < -0.3 is 9.47 Å². The molecule has 110 valence electrons. The van der Waals surface area contributed by atoms with Crippen LogP contribution < -0.4 is 4.74 Å². The van der Waals surface area contributed by atoms with Crippen LogP contribution in [-0.2, 0) is 9.53 Å². The van der Waals surface area contributed by atoms with E-state index in [0.29, 0.717) is 0 Å². The van der Waals surface area contributed by atoms with E-state index in [1.54, 1.807) is 0 Å². The third kappa shape index (κ3) is 3.54. The summed E-state index contributed by atoms with van der Waals surface area (Å²) in [5.41, 5.74) is -0.564. The Kier molecular flexibility index (Phi) is 5.37. The number of esters is 1. The number of carbonyl (C=O) groups excluding carboxylic acids is 2. The number of hydrogen-bond acceptors (Lipinski definition) is 7. The number of nitrogens with zero attached hydrogens (tertiary/aromatic N) is 2. The molecule has 1 aromatic rings. The van der Waals surface area contributed by atoms with Crippen LogP contribution in [0.1, 0.15) is 17.3 Å². The molecule has 0 saturated carbocycles. The van der Waals surface area contributed by atoms with Crippen molar-refractivity contribution in [3.8, 4) is 11.8 Å². The standard InChI is InChI=1S/C13H12N2O6/c1-3-21-13(17)9(7-14)12(16)8-4-5-11(20-2)10(6-8)15(18)19/h4-6,9H,3H2,1-2H3. The van der Waals surface area contributed by atoms with Crippen LogP contribution in [0, 0.1) is 27.4 Å². The molecule has 0 bridgehead atoms. The van der Waals surface area contributed by atoms with Gasteiger partial charge in [0.1, 0.15) is 0 Å². The Hall–Kier alpha value is -2.95. The van der Waals surface area contributed by atoms with Crippen LogP contribution in [0.3, 0.4) is 0 Å². The Morgan fingerprint density at radius 2 is 2.14 bits per heavy atom. The van der Waals surface area contributed by atoms with Gasteiger partial charge in [-0.15, -0.1) is 0 Å². The van der Waals surface area contributed by atoms with Crippen LogP contribution in [0.2, 0.25) is 0 Å². The summed E-state index contributed by atoms with van der Waals surface area (Å²) in [6.45, 7) is 1.56. The predicted octanol–water partition coefficient (Wildman–Crippen LogP) is 1.49. The minimum absolute atomic E-state index is 0.0209. The van der Waals surface area contributed by atoms with Gasteiger partial charge in [-0.2, -0.15) is 5.26 Å². The molecule has 0 amide bonds. The zero-order valence-corrected chi connectivity index (χ0v) is 11.4. The Labute approximate surface area is 120 Å². The fourth-order valence-electron chi connectivity index (χ4n) is 1.60. The van der Waals surface area contributed by atoms with Crippen molar-refractivity contribution in [2.75, 3.05) is 13.7 Å². The third-order valence-corrected chi connectivity index (χ3v) is 2.57. The van der Waals surface area contributed by atoms with Gasteiger partial charge >= 0.3 is 11.7 Å². The smallest absolute Gasteiger partial charge is 0.331 e. The fraction of sp³-hybridized carbons (Fsp3) is 0.308. The van der Waals surface area contributed by atoms with Gasteiger partial charge in [0.2, 0.25) is 5.92 Å². The number of rotatable bonds is 6. The second-order valence-electron chi connectivity index (χ2n) is 3.82. The zero-order valence-electron chi connectivity index (χ0n) is 11.4. The first-order valence-corrected chi connectivity index (χ1v) is 5.89. The van der Waals surface area contributed by atoms with Crippen LogP contribution in [0.4, 0.5) is 5.69 Å². The first-order valence-electron chi connectivity index (χ1n) is 5.89.